The predicted molar refractivity (Wildman–Crippen MR) is 94.5 cm³/mol. The quantitative estimate of drug-likeness (QED) is 0.820. The average Bonchev–Trinajstić information content (AvgIpc) is 2.97. The summed E-state index contributed by atoms with van der Waals surface area (Å²) < 4.78 is 41.9. The molecule has 0 aliphatic carbocycles. The first-order valence-corrected chi connectivity index (χ1v) is 9.95. The van der Waals surface area contributed by atoms with Crippen molar-refractivity contribution in [3.8, 4) is 0 Å². The second-order valence-corrected chi connectivity index (χ2v) is 8.50. The van der Waals surface area contributed by atoms with E-state index in [1.807, 2.05) is 30.3 Å². The lowest BCUT2D eigenvalue weighted by Gasteiger charge is -2.17. The summed E-state index contributed by atoms with van der Waals surface area (Å²) in [6.07, 6.45) is 0.710. The van der Waals surface area contributed by atoms with Crippen molar-refractivity contribution in [2.45, 2.75) is 23.9 Å². The number of halogens is 2. The molecule has 1 aliphatic heterocycles. The van der Waals surface area contributed by atoms with Gasteiger partial charge in [-0.15, -0.1) is 0 Å². The van der Waals surface area contributed by atoms with Crippen LogP contribution in [0.25, 0.3) is 0 Å². The van der Waals surface area contributed by atoms with Gasteiger partial charge in [0.1, 0.15) is 10.7 Å². The van der Waals surface area contributed by atoms with Gasteiger partial charge < -0.3 is 0 Å². The van der Waals surface area contributed by atoms with E-state index in [0.29, 0.717) is 17.4 Å². The molecule has 0 bridgehead atoms. The third kappa shape index (κ3) is 4.22. The highest BCUT2D eigenvalue weighted by molar-refractivity contribution is 9.10. The van der Waals surface area contributed by atoms with Gasteiger partial charge in [0.05, 0.1) is 0 Å². The predicted octanol–water partition coefficient (Wildman–Crippen LogP) is 3.14. The van der Waals surface area contributed by atoms with E-state index in [4.69, 9.17) is 0 Å². The number of hydrogen-bond acceptors (Lipinski definition) is 3. The van der Waals surface area contributed by atoms with E-state index in [9.17, 15) is 12.8 Å². The minimum atomic E-state index is -3.87. The summed E-state index contributed by atoms with van der Waals surface area (Å²) in [4.78, 5) is 1.87. The second-order valence-electron chi connectivity index (χ2n) is 5.90. The smallest absolute Gasteiger partial charge is 0.243 e. The zero-order valence-corrected chi connectivity index (χ0v) is 15.4. The molecule has 3 rings (SSSR count). The first-order valence-electron chi connectivity index (χ1n) is 7.68. The Morgan fingerprint density at radius 3 is 2.71 bits per heavy atom. The van der Waals surface area contributed by atoms with Gasteiger partial charge in [0, 0.05) is 30.1 Å². The molecule has 1 saturated heterocycles. The molecule has 2 aromatic carbocycles. The van der Waals surface area contributed by atoms with E-state index in [0.717, 1.165) is 19.2 Å². The Kier molecular flexibility index (Phi) is 5.34. The van der Waals surface area contributed by atoms with Crippen LogP contribution in [0.15, 0.2) is 57.9 Å². The maximum atomic E-state index is 13.9. The molecule has 24 heavy (non-hydrogen) atoms. The lowest BCUT2D eigenvalue weighted by Crippen LogP contribution is -2.37. The molecule has 128 valence electrons. The van der Waals surface area contributed by atoms with E-state index >= 15 is 0 Å². The molecule has 1 aliphatic rings. The van der Waals surface area contributed by atoms with Crippen LogP contribution < -0.4 is 4.72 Å². The van der Waals surface area contributed by atoms with Gasteiger partial charge in [-0.05, 0) is 30.2 Å². The first kappa shape index (κ1) is 17.5. The molecule has 1 N–H and O–H groups in total. The van der Waals surface area contributed by atoms with Crippen LogP contribution in [0.5, 0.6) is 0 Å². The van der Waals surface area contributed by atoms with Crippen molar-refractivity contribution >= 4 is 26.0 Å². The van der Waals surface area contributed by atoms with E-state index in [1.165, 1.54) is 17.7 Å². The van der Waals surface area contributed by atoms with Gasteiger partial charge in [0.2, 0.25) is 10.0 Å². The van der Waals surface area contributed by atoms with E-state index in [-0.39, 0.29) is 10.9 Å². The van der Waals surface area contributed by atoms with E-state index in [2.05, 4.69) is 25.6 Å². The molecule has 2 aromatic rings. The Hall–Kier alpha value is -1.28. The highest BCUT2D eigenvalue weighted by Crippen LogP contribution is 2.22. The summed E-state index contributed by atoms with van der Waals surface area (Å²) in [5.74, 6) is -0.746. The Morgan fingerprint density at radius 2 is 1.96 bits per heavy atom. The molecule has 1 fully saturated rings. The van der Waals surface area contributed by atoms with Crippen LogP contribution >= 0.6 is 15.9 Å². The monoisotopic (exact) mass is 412 g/mol. The summed E-state index contributed by atoms with van der Waals surface area (Å²) in [6, 6.07) is 13.7. The fourth-order valence-electron chi connectivity index (χ4n) is 2.88. The van der Waals surface area contributed by atoms with Crippen molar-refractivity contribution in [2.75, 3.05) is 13.1 Å². The van der Waals surface area contributed by atoms with Crippen LogP contribution in [-0.2, 0) is 16.6 Å². The molecule has 0 radical (unpaired) electrons. The Morgan fingerprint density at radius 1 is 1.21 bits per heavy atom. The fourth-order valence-corrected chi connectivity index (χ4v) is 4.76. The highest BCUT2D eigenvalue weighted by atomic mass is 79.9. The van der Waals surface area contributed by atoms with Gasteiger partial charge in [-0.2, -0.15) is 0 Å². The largest absolute Gasteiger partial charge is 0.297 e. The van der Waals surface area contributed by atoms with Gasteiger partial charge >= 0.3 is 0 Å². The minimum Gasteiger partial charge on any atom is -0.297 e. The van der Waals surface area contributed by atoms with Crippen LogP contribution in [0.4, 0.5) is 4.39 Å². The zero-order chi connectivity index (χ0) is 17.2. The number of sulfonamides is 1. The van der Waals surface area contributed by atoms with Crippen LogP contribution in [0.2, 0.25) is 0 Å². The first-order chi connectivity index (χ1) is 11.4. The Bertz CT molecular complexity index is 815. The maximum absolute atomic E-state index is 13.9. The van der Waals surface area contributed by atoms with Gasteiger partial charge in [0.25, 0.3) is 0 Å². The third-order valence-corrected chi connectivity index (χ3v) is 6.05. The molecular formula is C17H18BrFN2O2S. The molecule has 0 spiro atoms. The van der Waals surface area contributed by atoms with Crippen molar-refractivity contribution < 1.29 is 12.8 Å². The SMILES string of the molecule is O=S(=O)(NC1CCN(Cc2ccccc2)C1)c1cc(Br)ccc1F. The van der Waals surface area contributed by atoms with E-state index < -0.39 is 15.8 Å². The number of benzene rings is 2. The number of nitrogens with zero attached hydrogens (tertiary/aromatic N) is 1. The van der Waals surface area contributed by atoms with Gasteiger partial charge in [-0.3, -0.25) is 4.90 Å². The number of likely N-dealkylation sites (tertiary alicyclic amines) is 1. The third-order valence-electron chi connectivity index (χ3n) is 4.03. The van der Waals surface area contributed by atoms with Crippen LogP contribution in [0.1, 0.15) is 12.0 Å². The highest BCUT2D eigenvalue weighted by Gasteiger charge is 2.28. The second kappa shape index (κ2) is 7.31. The Labute approximate surface area is 149 Å². The molecule has 7 heteroatoms. The maximum Gasteiger partial charge on any atom is 0.243 e. The van der Waals surface area contributed by atoms with Gasteiger partial charge in [-0.1, -0.05) is 46.3 Å². The molecule has 0 aromatic heterocycles. The molecule has 1 heterocycles. The molecule has 1 unspecified atom stereocenters. The molecule has 1 atom stereocenters. The van der Waals surface area contributed by atoms with Crippen molar-refractivity contribution in [1.82, 2.24) is 9.62 Å². The van der Waals surface area contributed by atoms with Gasteiger partial charge in [-0.25, -0.2) is 17.5 Å². The summed E-state index contributed by atoms with van der Waals surface area (Å²) in [7, 11) is -3.87. The van der Waals surface area contributed by atoms with E-state index in [1.54, 1.807) is 0 Å². The van der Waals surface area contributed by atoms with Crippen LogP contribution in [0.3, 0.4) is 0 Å². The van der Waals surface area contributed by atoms with Crippen molar-refractivity contribution in [3.05, 3.63) is 64.4 Å². The van der Waals surface area contributed by atoms with Crippen LogP contribution in [-0.4, -0.2) is 32.4 Å². The van der Waals surface area contributed by atoms with Crippen LogP contribution in [0, 0.1) is 5.82 Å². The summed E-state index contributed by atoms with van der Waals surface area (Å²) >= 11 is 3.18. The number of rotatable bonds is 5. The standard InChI is InChI=1S/C17H18BrFN2O2S/c18-14-6-7-16(19)17(10-14)24(22,23)20-15-8-9-21(12-15)11-13-4-2-1-3-5-13/h1-7,10,15,20H,8-9,11-12H2. The van der Waals surface area contributed by atoms with Crippen molar-refractivity contribution in [1.29, 1.82) is 0 Å². The number of nitrogens with one attached hydrogen (secondary N) is 1. The topological polar surface area (TPSA) is 49.4 Å². The van der Waals surface area contributed by atoms with Gasteiger partial charge in [0.15, 0.2) is 0 Å². The van der Waals surface area contributed by atoms with Crippen molar-refractivity contribution in [3.63, 3.8) is 0 Å². The lowest BCUT2D eigenvalue weighted by atomic mass is 10.2. The lowest BCUT2D eigenvalue weighted by molar-refractivity contribution is 0.324. The average molecular weight is 413 g/mol. The molecule has 0 amide bonds. The summed E-state index contributed by atoms with van der Waals surface area (Å²) in [5.41, 5.74) is 1.19. The minimum absolute atomic E-state index is 0.211. The zero-order valence-electron chi connectivity index (χ0n) is 13.0. The Balaban J connectivity index is 1.65. The fraction of sp³-hybridized carbons (Fsp3) is 0.294. The molecule has 0 saturated carbocycles. The van der Waals surface area contributed by atoms with Crippen molar-refractivity contribution in [2.24, 2.45) is 0 Å². The summed E-state index contributed by atoms with van der Waals surface area (Å²) in [6.45, 7) is 2.21. The molecule has 4 nitrogen and oxygen atoms in total. The normalized spacial score (nSPS) is 18.8. The summed E-state index contributed by atoms with van der Waals surface area (Å²) in [5, 5.41) is 0. The number of hydrogen-bond donors (Lipinski definition) is 1. The molecular weight excluding hydrogens is 395 g/mol.